The van der Waals surface area contributed by atoms with Crippen molar-refractivity contribution >= 4 is 11.6 Å². The van der Waals surface area contributed by atoms with Crippen molar-refractivity contribution in [2.75, 3.05) is 6.61 Å². The molecule has 15 heavy (non-hydrogen) atoms. The molecule has 0 unspecified atom stereocenters. The quantitative estimate of drug-likeness (QED) is 0.671. The van der Waals surface area contributed by atoms with Crippen LogP contribution in [0.25, 0.3) is 0 Å². The van der Waals surface area contributed by atoms with Crippen LogP contribution >= 0.6 is 11.6 Å². The van der Waals surface area contributed by atoms with E-state index >= 15 is 0 Å². The van der Waals surface area contributed by atoms with E-state index < -0.39 is 0 Å². The van der Waals surface area contributed by atoms with Crippen molar-refractivity contribution in [3.05, 3.63) is 17.5 Å². The Morgan fingerprint density at radius 2 is 1.87 bits per heavy atom. The van der Waals surface area contributed by atoms with Gasteiger partial charge in [0.2, 0.25) is 0 Å². The van der Waals surface area contributed by atoms with Gasteiger partial charge in [0.05, 0.1) is 6.61 Å². The van der Waals surface area contributed by atoms with E-state index in [1.807, 2.05) is 0 Å². The molecule has 0 aliphatic carbocycles. The standard InChI is InChI=1S/C11H17ClN2O/c1-2-3-4-5-6-9-15-11-10(12)13-7-8-14-11/h7-8H,2-6,9H2,1H3. The second kappa shape index (κ2) is 7.46. The molecule has 0 N–H and O–H groups in total. The zero-order chi connectivity index (χ0) is 10.9. The summed E-state index contributed by atoms with van der Waals surface area (Å²) in [5, 5.41) is 0.339. The fourth-order valence-electron chi connectivity index (χ4n) is 1.28. The van der Waals surface area contributed by atoms with Gasteiger partial charge in [0.25, 0.3) is 5.88 Å². The maximum Gasteiger partial charge on any atom is 0.252 e. The topological polar surface area (TPSA) is 35.0 Å². The number of hydrogen-bond donors (Lipinski definition) is 0. The van der Waals surface area contributed by atoms with Crippen LogP contribution in [0.15, 0.2) is 12.4 Å². The van der Waals surface area contributed by atoms with Crippen LogP contribution in [-0.2, 0) is 0 Å². The molecule has 0 amide bonds. The van der Waals surface area contributed by atoms with Gasteiger partial charge in [-0.1, -0.05) is 44.2 Å². The molecule has 0 saturated carbocycles. The molecular weight excluding hydrogens is 212 g/mol. The molecular formula is C11H17ClN2O. The highest BCUT2D eigenvalue weighted by atomic mass is 35.5. The smallest absolute Gasteiger partial charge is 0.252 e. The number of unbranched alkanes of at least 4 members (excludes halogenated alkanes) is 4. The summed E-state index contributed by atoms with van der Waals surface area (Å²) >= 11 is 5.79. The third-order valence-corrected chi connectivity index (χ3v) is 2.37. The number of ether oxygens (including phenoxy) is 1. The van der Waals surface area contributed by atoms with Gasteiger partial charge in [-0.3, -0.25) is 0 Å². The van der Waals surface area contributed by atoms with Gasteiger partial charge in [-0.05, 0) is 6.42 Å². The third kappa shape index (κ3) is 4.98. The lowest BCUT2D eigenvalue weighted by Crippen LogP contribution is -2.00. The predicted octanol–water partition coefficient (Wildman–Crippen LogP) is 3.48. The lowest BCUT2D eigenvalue weighted by Gasteiger charge is -2.05. The van der Waals surface area contributed by atoms with Crippen molar-refractivity contribution in [2.24, 2.45) is 0 Å². The van der Waals surface area contributed by atoms with Gasteiger partial charge in [0.15, 0.2) is 5.15 Å². The second-order valence-electron chi connectivity index (χ2n) is 3.41. The molecule has 0 saturated heterocycles. The lowest BCUT2D eigenvalue weighted by atomic mass is 10.2. The van der Waals surface area contributed by atoms with Gasteiger partial charge in [0, 0.05) is 12.4 Å². The van der Waals surface area contributed by atoms with Gasteiger partial charge >= 0.3 is 0 Å². The van der Waals surface area contributed by atoms with Gasteiger partial charge in [-0.25, -0.2) is 9.97 Å². The average molecular weight is 229 g/mol. The summed E-state index contributed by atoms with van der Waals surface area (Å²) in [5.41, 5.74) is 0. The minimum Gasteiger partial charge on any atom is -0.475 e. The van der Waals surface area contributed by atoms with Crippen molar-refractivity contribution in [1.29, 1.82) is 0 Å². The molecule has 84 valence electrons. The Balaban J connectivity index is 2.12. The molecule has 4 heteroatoms. The van der Waals surface area contributed by atoms with Crippen LogP contribution in [0, 0.1) is 0 Å². The molecule has 1 aromatic rings. The summed E-state index contributed by atoms with van der Waals surface area (Å²) in [7, 11) is 0. The maximum atomic E-state index is 5.79. The Hall–Kier alpha value is -0.830. The van der Waals surface area contributed by atoms with Gasteiger partial charge in [0.1, 0.15) is 0 Å². The summed E-state index contributed by atoms with van der Waals surface area (Å²) in [4.78, 5) is 7.88. The first-order valence-corrected chi connectivity index (χ1v) is 5.81. The molecule has 1 heterocycles. The molecule has 1 aromatic heterocycles. The van der Waals surface area contributed by atoms with Crippen LogP contribution in [-0.4, -0.2) is 16.6 Å². The molecule has 3 nitrogen and oxygen atoms in total. The Bertz CT molecular complexity index is 281. The van der Waals surface area contributed by atoms with E-state index in [-0.39, 0.29) is 0 Å². The zero-order valence-corrected chi connectivity index (χ0v) is 9.83. The molecule has 0 aromatic carbocycles. The van der Waals surface area contributed by atoms with Crippen LogP contribution in [0.2, 0.25) is 5.15 Å². The second-order valence-corrected chi connectivity index (χ2v) is 3.77. The molecule has 1 rings (SSSR count). The summed E-state index contributed by atoms with van der Waals surface area (Å²) in [6.07, 6.45) is 9.21. The van der Waals surface area contributed by atoms with Gasteiger partial charge < -0.3 is 4.74 Å². The van der Waals surface area contributed by atoms with E-state index in [0.29, 0.717) is 17.6 Å². The van der Waals surface area contributed by atoms with Crippen LogP contribution in [0.3, 0.4) is 0 Å². The molecule has 0 radical (unpaired) electrons. The molecule has 0 spiro atoms. The molecule has 0 aliphatic rings. The Kier molecular flexibility index (Phi) is 6.09. The molecule has 0 aliphatic heterocycles. The number of halogens is 1. The van der Waals surface area contributed by atoms with Crippen LogP contribution in [0.4, 0.5) is 0 Å². The minimum atomic E-state index is 0.339. The predicted molar refractivity (Wildman–Crippen MR) is 61.3 cm³/mol. The number of hydrogen-bond acceptors (Lipinski definition) is 3. The first-order valence-electron chi connectivity index (χ1n) is 5.44. The fraction of sp³-hybridized carbons (Fsp3) is 0.636. The Morgan fingerprint density at radius 1 is 1.13 bits per heavy atom. The van der Waals surface area contributed by atoms with E-state index in [2.05, 4.69) is 16.9 Å². The fourth-order valence-corrected chi connectivity index (χ4v) is 1.44. The van der Waals surface area contributed by atoms with Crippen molar-refractivity contribution in [3.63, 3.8) is 0 Å². The molecule has 0 bridgehead atoms. The first kappa shape index (κ1) is 12.2. The van der Waals surface area contributed by atoms with Crippen molar-refractivity contribution in [1.82, 2.24) is 9.97 Å². The number of rotatable bonds is 7. The molecule has 0 fully saturated rings. The molecule has 0 atom stereocenters. The summed E-state index contributed by atoms with van der Waals surface area (Å²) in [6.45, 7) is 2.87. The zero-order valence-electron chi connectivity index (χ0n) is 9.08. The number of aromatic nitrogens is 2. The SMILES string of the molecule is CCCCCCCOc1nccnc1Cl. The van der Waals surface area contributed by atoms with E-state index in [0.717, 1.165) is 6.42 Å². The number of nitrogens with zero attached hydrogens (tertiary/aromatic N) is 2. The van der Waals surface area contributed by atoms with Gasteiger partial charge in [-0.2, -0.15) is 0 Å². The summed E-state index contributed by atoms with van der Waals surface area (Å²) < 4.78 is 5.41. The highest BCUT2D eigenvalue weighted by Gasteiger charge is 2.01. The third-order valence-electron chi connectivity index (χ3n) is 2.11. The van der Waals surface area contributed by atoms with Crippen molar-refractivity contribution in [2.45, 2.75) is 39.0 Å². The largest absolute Gasteiger partial charge is 0.475 e. The first-order chi connectivity index (χ1) is 7.34. The van der Waals surface area contributed by atoms with Crippen LogP contribution < -0.4 is 4.74 Å². The van der Waals surface area contributed by atoms with Crippen molar-refractivity contribution < 1.29 is 4.74 Å². The summed E-state index contributed by atoms with van der Waals surface area (Å²) in [5.74, 6) is 0.439. The Labute approximate surface area is 95.8 Å². The maximum absolute atomic E-state index is 5.79. The monoisotopic (exact) mass is 228 g/mol. The highest BCUT2D eigenvalue weighted by molar-refractivity contribution is 6.30. The Morgan fingerprint density at radius 3 is 2.60 bits per heavy atom. The normalized spacial score (nSPS) is 10.3. The lowest BCUT2D eigenvalue weighted by molar-refractivity contribution is 0.292. The average Bonchev–Trinajstić information content (AvgIpc) is 2.25. The van der Waals surface area contributed by atoms with E-state index in [1.165, 1.54) is 25.7 Å². The van der Waals surface area contributed by atoms with E-state index in [1.54, 1.807) is 12.4 Å². The van der Waals surface area contributed by atoms with E-state index in [4.69, 9.17) is 16.3 Å². The highest BCUT2D eigenvalue weighted by Crippen LogP contribution is 2.17. The van der Waals surface area contributed by atoms with Crippen molar-refractivity contribution in [3.8, 4) is 5.88 Å². The van der Waals surface area contributed by atoms with E-state index in [9.17, 15) is 0 Å². The minimum absolute atomic E-state index is 0.339. The van der Waals surface area contributed by atoms with Gasteiger partial charge in [-0.15, -0.1) is 0 Å². The van der Waals surface area contributed by atoms with Crippen LogP contribution in [0.5, 0.6) is 5.88 Å². The van der Waals surface area contributed by atoms with Crippen LogP contribution in [0.1, 0.15) is 39.0 Å². The summed E-state index contributed by atoms with van der Waals surface area (Å²) in [6, 6.07) is 0.